The van der Waals surface area contributed by atoms with E-state index in [1.165, 1.54) is 18.4 Å². The highest BCUT2D eigenvalue weighted by molar-refractivity contribution is 7.16. The van der Waals surface area contributed by atoms with Crippen LogP contribution in [-0.2, 0) is 14.3 Å². The highest BCUT2D eigenvalue weighted by Crippen LogP contribution is 2.32. The van der Waals surface area contributed by atoms with Gasteiger partial charge in [0.25, 0.3) is 0 Å². The molecule has 1 aromatic carbocycles. The molecule has 2 amide bonds. The number of carbonyl (C=O) groups is 2. The second-order valence-electron chi connectivity index (χ2n) is 5.39. The van der Waals surface area contributed by atoms with E-state index in [2.05, 4.69) is 10.6 Å². The van der Waals surface area contributed by atoms with E-state index in [1.807, 2.05) is 6.07 Å². The van der Waals surface area contributed by atoms with Crippen LogP contribution in [0.15, 0.2) is 30.3 Å². The molecule has 2 aromatic rings. The van der Waals surface area contributed by atoms with Crippen LogP contribution in [0.2, 0.25) is 4.34 Å². The number of hydrogen-bond donors (Lipinski definition) is 2. The lowest BCUT2D eigenvalue weighted by atomic mass is 10.2. The maximum absolute atomic E-state index is 12.1. The third-order valence-electron chi connectivity index (χ3n) is 3.65. The van der Waals surface area contributed by atoms with Crippen LogP contribution in [0.4, 0.5) is 5.69 Å². The van der Waals surface area contributed by atoms with Gasteiger partial charge in [-0.3, -0.25) is 9.59 Å². The number of amides is 2. The third kappa shape index (κ3) is 4.46. The minimum atomic E-state index is -0.777. The van der Waals surface area contributed by atoms with Gasteiger partial charge in [0, 0.05) is 30.3 Å². The Kier molecular flexibility index (Phi) is 5.97. The van der Waals surface area contributed by atoms with E-state index in [1.54, 1.807) is 24.3 Å². The van der Waals surface area contributed by atoms with Crippen molar-refractivity contribution in [2.75, 3.05) is 32.2 Å². The second-order valence-corrected chi connectivity index (χ2v) is 7.14. The SMILES string of the molecule is CO[C@H](CNC(=O)C(=O)Nc1ccc2c(c1)OCCO2)c1ccc(Cl)s1. The topological polar surface area (TPSA) is 85.9 Å². The first-order valence-electron chi connectivity index (χ1n) is 7.83. The van der Waals surface area contributed by atoms with E-state index >= 15 is 0 Å². The summed E-state index contributed by atoms with van der Waals surface area (Å²) < 4.78 is 16.8. The van der Waals surface area contributed by atoms with Crippen molar-refractivity contribution in [3.05, 3.63) is 39.5 Å². The largest absolute Gasteiger partial charge is 0.486 e. The maximum Gasteiger partial charge on any atom is 0.313 e. The first-order chi connectivity index (χ1) is 12.6. The molecule has 9 heteroatoms. The van der Waals surface area contributed by atoms with Crippen molar-refractivity contribution in [3.8, 4) is 11.5 Å². The number of nitrogens with one attached hydrogen (secondary N) is 2. The van der Waals surface area contributed by atoms with Crippen LogP contribution < -0.4 is 20.1 Å². The van der Waals surface area contributed by atoms with Gasteiger partial charge in [-0.25, -0.2) is 0 Å². The average molecular weight is 397 g/mol. The first kappa shape index (κ1) is 18.5. The van der Waals surface area contributed by atoms with Crippen LogP contribution in [-0.4, -0.2) is 38.7 Å². The van der Waals surface area contributed by atoms with Gasteiger partial charge in [-0.15, -0.1) is 11.3 Å². The van der Waals surface area contributed by atoms with Crippen LogP contribution >= 0.6 is 22.9 Å². The molecule has 138 valence electrons. The van der Waals surface area contributed by atoms with Crippen molar-refractivity contribution in [1.82, 2.24) is 5.32 Å². The average Bonchev–Trinajstić information content (AvgIpc) is 3.08. The Labute approximate surface area is 159 Å². The Balaban J connectivity index is 1.55. The summed E-state index contributed by atoms with van der Waals surface area (Å²) in [6.07, 6.45) is -0.376. The predicted molar refractivity (Wildman–Crippen MR) is 98.2 cm³/mol. The molecule has 1 aliphatic rings. The Morgan fingerprint density at radius 1 is 1.19 bits per heavy atom. The molecule has 3 rings (SSSR count). The molecule has 0 unspecified atom stereocenters. The van der Waals surface area contributed by atoms with E-state index < -0.39 is 11.8 Å². The van der Waals surface area contributed by atoms with Crippen molar-refractivity contribution >= 4 is 40.4 Å². The molecule has 2 N–H and O–H groups in total. The van der Waals surface area contributed by atoms with E-state index in [9.17, 15) is 9.59 Å². The quantitative estimate of drug-likeness (QED) is 0.759. The lowest BCUT2D eigenvalue weighted by molar-refractivity contribution is -0.136. The molecule has 0 spiro atoms. The number of hydrogen-bond acceptors (Lipinski definition) is 6. The lowest BCUT2D eigenvalue weighted by Crippen LogP contribution is -2.37. The monoisotopic (exact) mass is 396 g/mol. The fourth-order valence-corrected chi connectivity index (χ4v) is 3.51. The van der Waals surface area contributed by atoms with Crippen LogP contribution in [0.3, 0.4) is 0 Å². The number of fused-ring (bicyclic) bond motifs is 1. The number of ether oxygens (including phenoxy) is 3. The van der Waals surface area contributed by atoms with Crippen molar-refractivity contribution in [3.63, 3.8) is 0 Å². The van der Waals surface area contributed by atoms with Crippen LogP contribution in [0.5, 0.6) is 11.5 Å². The lowest BCUT2D eigenvalue weighted by Gasteiger charge is -2.19. The Bertz CT molecular complexity index is 810. The second kappa shape index (κ2) is 8.39. The zero-order chi connectivity index (χ0) is 18.5. The van der Waals surface area contributed by atoms with E-state index in [-0.39, 0.29) is 12.6 Å². The summed E-state index contributed by atoms with van der Waals surface area (Å²) in [5.41, 5.74) is 0.447. The molecule has 0 aliphatic carbocycles. The molecule has 0 radical (unpaired) electrons. The summed E-state index contributed by atoms with van der Waals surface area (Å²) in [6.45, 7) is 1.08. The van der Waals surface area contributed by atoms with Crippen molar-refractivity contribution < 1.29 is 23.8 Å². The zero-order valence-corrected chi connectivity index (χ0v) is 15.5. The summed E-state index contributed by atoms with van der Waals surface area (Å²) in [5, 5.41) is 5.09. The summed E-state index contributed by atoms with van der Waals surface area (Å²) in [5.74, 6) is -0.398. The van der Waals surface area contributed by atoms with Gasteiger partial charge < -0.3 is 24.8 Å². The van der Waals surface area contributed by atoms with Crippen LogP contribution in [0, 0.1) is 0 Å². The van der Waals surface area contributed by atoms with Crippen LogP contribution in [0.25, 0.3) is 0 Å². The summed E-state index contributed by atoms with van der Waals surface area (Å²) in [6, 6.07) is 8.52. The minimum Gasteiger partial charge on any atom is -0.486 e. The molecular weight excluding hydrogens is 380 g/mol. The Morgan fingerprint density at radius 3 is 2.65 bits per heavy atom. The van der Waals surface area contributed by atoms with Gasteiger partial charge in [0.2, 0.25) is 0 Å². The van der Waals surface area contributed by atoms with E-state index in [4.69, 9.17) is 25.8 Å². The number of benzene rings is 1. The molecule has 1 atom stereocenters. The van der Waals surface area contributed by atoms with E-state index in [0.717, 1.165) is 4.88 Å². The zero-order valence-electron chi connectivity index (χ0n) is 13.9. The summed E-state index contributed by atoms with van der Waals surface area (Å²) in [4.78, 5) is 25.0. The summed E-state index contributed by atoms with van der Waals surface area (Å²) in [7, 11) is 1.53. The minimum absolute atomic E-state index is 0.154. The molecule has 0 bridgehead atoms. The molecule has 2 heterocycles. The highest BCUT2D eigenvalue weighted by Gasteiger charge is 2.19. The fourth-order valence-electron chi connectivity index (χ4n) is 2.38. The molecular formula is C17H17ClN2O5S. The van der Waals surface area contributed by atoms with Crippen molar-refractivity contribution in [2.45, 2.75) is 6.10 Å². The van der Waals surface area contributed by atoms with E-state index in [0.29, 0.717) is 34.7 Å². The van der Waals surface area contributed by atoms with Crippen molar-refractivity contribution in [2.24, 2.45) is 0 Å². The normalized spacial score (nSPS) is 13.8. The van der Waals surface area contributed by atoms with Gasteiger partial charge in [-0.05, 0) is 24.3 Å². The van der Waals surface area contributed by atoms with Gasteiger partial charge in [-0.1, -0.05) is 11.6 Å². The number of rotatable bonds is 5. The van der Waals surface area contributed by atoms with Gasteiger partial charge in [-0.2, -0.15) is 0 Å². The van der Waals surface area contributed by atoms with Gasteiger partial charge in [0.15, 0.2) is 11.5 Å². The standard InChI is InChI=1S/C17H17ClN2O5S/c1-23-13(14-4-5-15(18)26-14)9-19-16(21)17(22)20-10-2-3-11-12(8-10)25-7-6-24-11/h2-5,8,13H,6-7,9H2,1H3,(H,19,21)(H,20,22)/t13-/m1/s1. The Hall–Kier alpha value is -2.29. The Morgan fingerprint density at radius 2 is 1.96 bits per heavy atom. The fraction of sp³-hybridized carbons (Fsp3) is 0.294. The molecule has 0 saturated heterocycles. The highest BCUT2D eigenvalue weighted by atomic mass is 35.5. The summed E-state index contributed by atoms with van der Waals surface area (Å²) >= 11 is 7.27. The van der Waals surface area contributed by atoms with Gasteiger partial charge in [0.05, 0.1) is 4.34 Å². The molecule has 0 fully saturated rings. The number of thiophene rings is 1. The smallest absolute Gasteiger partial charge is 0.313 e. The van der Waals surface area contributed by atoms with Gasteiger partial charge in [0.1, 0.15) is 19.3 Å². The third-order valence-corrected chi connectivity index (χ3v) is 4.97. The number of anilines is 1. The van der Waals surface area contributed by atoms with Crippen molar-refractivity contribution in [1.29, 1.82) is 0 Å². The first-order valence-corrected chi connectivity index (χ1v) is 9.03. The molecule has 1 aliphatic heterocycles. The van der Waals surface area contributed by atoms with Crippen LogP contribution in [0.1, 0.15) is 11.0 Å². The number of methoxy groups -OCH3 is 1. The number of carbonyl (C=O) groups excluding carboxylic acids is 2. The molecule has 1 aromatic heterocycles. The van der Waals surface area contributed by atoms with Gasteiger partial charge >= 0.3 is 11.8 Å². The number of halogens is 1. The predicted octanol–water partition coefficient (Wildman–Crippen LogP) is 2.62. The molecule has 26 heavy (non-hydrogen) atoms. The molecule has 7 nitrogen and oxygen atoms in total. The maximum atomic E-state index is 12.1. The molecule has 0 saturated carbocycles.